The summed E-state index contributed by atoms with van der Waals surface area (Å²) < 4.78 is 0. The maximum atomic E-state index is 11.1. The summed E-state index contributed by atoms with van der Waals surface area (Å²) in [5.74, 6) is 0. The molecular formula is C12H12Cl4LiOP. The van der Waals surface area contributed by atoms with Gasteiger partial charge in [0.25, 0.3) is 0 Å². The van der Waals surface area contributed by atoms with Crippen LogP contribution >= 0.6 is 55.6 Å². The number of hydrogen-bond acceptors (Lipinski definition) is 1. The van der Waals surface area contributed by atoms with Gasteiger partial charge in [-0.2, -0.15) is 12.8 Å². The van der Waals surface area contributed by atoms with E-state index in [9.17, 15) is 4.79 Å². The molecule has 19 heavy (non-hydrogen) atoms. The molecule has 0 spiro atoms. The van der Waals surface area contributed by atoms with Gasteiger partial charge in [-0.15, -0.1) is 0 Å². The Hall–Kier alpha value is 1.08. The van der Waals surface area contributed by atoms with Crippen LogP contribution in [0.25, 0.3) is 0 Å². The molecule has 0 saturated heterocycles. The second-order valence-corrected chi connectivity index (χ2v) is 5.88. The van der Waals surface area contributed by atoms with Crippen LogP contribution in [0.15, 0.2) is 6.07 Å². The second kappa shape index (κ2) is 9.91. The Bertz CT molecular complexity index is 416. The zero-order valence-corrected chi connectivity index (χ0v) is 14.7. The number of carbonyl (C=O) groups excluding carboxylic acids is 1. The molecule has 1 nitrogen and oxygen atoms in total. The van der Waals surface area contributed by atoms with E-state index in [-0.39, 0.29) is 50.0 Å². The van der Waals surface area contributed by atoms with Crippen LogP contribution in [0.1, 0.15) is 36.0 Å². The van der Waals surface area contributed by atoms with Gasteiger partial charge in [0, 0.05) is 0 Å². The predicted molar refractivity (Wildman–Crippen MR) is 83.3 cm³/mol. The van der Waals surface area contributed by atoms with Crippen LogP contribution in [-0.4, -0.2) is 5.52 Å². The quantitative estimate of drug-likeness (QED) is 0.329. The van der Waals surface area contributed by atoms with Crippen molar-refractivity contribution >= 4 is 61.2 Å². The molecule has 1 unspecified atom stereocenters. The average molecular weight is 352 g/mol. The number of benzene rings is 1. The monoisotopic (exact) mass is 350 g/mol. The molecule has 0 N–H and O–H groups in total. The molecule has 100 valence electrons. The minimum atomic E-state index is -0.348. The van der Waals surface area contributed by atoms with Crippen molar-refractivity contribution in [2.24, 2.45) is 0 Å². The van der Waals surface area contributed by atoms with Crippen LogP contribution in [-0.2, 0) is 0 Å². The van der Waals surface area contributed by atoms with E-state index in [1.807, 2.05) is 9.24 Å². The Kier molecular flexibility index (Phi) is 10.5. The van der Waals surface area contributed by atoms with Gasteiger partial charge in [-0.25, -0.2) is 0 Å². The summed E-state index contributed by atoms with van der Waals surface area (Å²) >= 11 is 22.9. The van der Waals surface area contributed by atoms with E-state index in [0.29, 0.717) is 0 Å². The van der Waals surface area contributed by atoms with Gasteiger partial charge in [0.05, 0.1) is 25.7 Å². The maximum absolute atomic E-state index is 11.1. The third-order valence-electron chi connectivity index (χ3n) is 2.42. The van der Waals surface area contributed by atoms with E-state index in [2.05, 4.69) is 6.42 Å². The van der Waals surface area contributed by atoms with Crippen molar-refractivity contribution in [2.75, 3.05) is 0 Å². The van der Waals surface area contributed by atoms with Gasteiger partial charge in [-0.05, 0) is 6.07 Å². The van der Waals surface area contributed by atoms with Crippen molar-refractivity contribution in [3.8, 4) is 0 Å². The standard InChI is InChI=1S/C7H3Cl4OP.C5H9.Li/c8-2-1-3(9)6(11)4(5(2)10)7(12)13;1-2-4-5-3-1;/h1H,13H2;1H,2-5H2;/q;-1;+1. The van der Waals surface area contributed by atoms with E-state index in [1.165, 1.54) is 31.7 Å². The molecule has 0 radical (unpaired) electrons. The third-order valence-corrected chi connectivity index (χ3v) is 4.29. The van der Waals surface area contributed by atoms with Crippen LogP contribution in [0.5, 0.6) is 0 Å². The molecule has 7 heteroatoms. The second-order valence-electron chi connectivity index (χ2n) is 3.78. The van der Waals surface area contributed by atoms with Gasteiger partial charge in [-0.3, -0.25) is 4.79 Å². The summed E-state index contributed by atoms with van der Waals surface area (Å²) in [6, 6.07) is 1.39. The molecule has 1 aromatic carbocycles. The average Bonchev–Trinajstić information content (AvgIpc) is 2.85. The van der Waals surface area contributed by atoms with Gasteiger partial charge in [-0.1, -0.05) is 68.5 Å². The van der Waals surface area contributed by atoms with Gasteiger partial charge >= 0.3 is 18.9 Å². The topological polar surface area (TPSA) is 17.1 Å². The first-order valence-electron chi connectivity index (χ1n) is 5.39. The predicted octanol–water partition coefficient (Wildman–Crippen LogP) is 3.08. The molecule has 0 aromatic heterocycles. The van der Waals surface area contributed by atoms with Gasteiger partial charge < -0.3 is 6.42 Å². The molecule has 1 aliphatic rings. The summed E-state index contributed by atoms with van der Waals surface area (Å²) in [5.41, 5.74) is -0.217. The van der Waals surface area contributed by atoms with E-state index in [0.717, 1.165) is 0 Å². The van der Waals surface area contributed by atoms with Crippen molar-refractivity contribution < 1.29 is 23.7 Å². The van der Waals surface area contributed by atoms with E-state index in [1.54, 1.807) is 0 Å². The molecule has 1 atom stereocenters. The molecule has 1 saturated carbocycles. The van der Waals surface area contributed by atoms with Crippen molar-refractivity contribution in [2.45, 2.75) is 25.7 Å². The van der Waals surface area contributed by atoms with Gasteiger partial charge in [0.2, 0.25) is 0 Å². The third kappa shape index (κ3) is 6.15. The Balaban J connectivity index is 0.000000454. The first kappa shape index (κ1) is 20.1. The van der Waals surface area contributed by atoms with Crippen molar-refractivity contribution in [1.29, 1.82) is 0 Å². The Labute approximate surface area is 148 Å². The molecule has 2 rings (SSSR count). The van der Waals surface area contributed by atoms with Crippen molar-refractivity contribution in [3.63, 3.8) is 0 Å². The number of carbonyl (C=O) groups is 1. The molecule has 1 aromatic rings. The molecule has 1 fully saturated rings. The molecule has 0 heterocycles. The molecule has 0 amide bonds. The smallest absolute Gasteiger partial charge is 0.328 e. The van der Waals surface area contributed by atoms with Gasteiger partial charge in [0.15, 0.2) is 5.52 Å². The maximum Gasteiger partial charge on any atom is 1.00 e. The summed E-state index contributed by atoms with van der Waals surface area (Å²) in [5, 5.41) is 0.663. The van der Waals surface area contributed by atoms with Crippen LogP contribution in [0, 0.1) is 6.42 Å². The van der Waals surface area contributed by atoms with E-state index in [4.69, 9.17) is 46.4 Å². The Morgan fingerprint density at radius 2 is 1.47 bits per heavy atom. The molecule has 0 aliphatic heterocycles. The fourth-order valence-electron chi connectivity index (χ4n) is 1.51. The molecule has 0 bridgehead atoms. The SMILES string of the molecule is O=C(P)c1c(Cl)c(Cl)cc(Cl)c1Cl.[CH-]1CCCC1.[Li+]. The minimum absolute atomic E-state index is 0. The Morgan fingerprint density at radius 1 is 1.05 bits per heavy atom. The minimum Gasteiger partial charge on any atom is -0.328 e. The zero-order chi connectivity index (χ0) is 13.7. The van der Waals surface area contributed by atoms with Crippen molar-refractivity contribution in [3.05, 3.63) is 38.1 Å². The number of rotatable bonds is 1. The van der Waals surface area contributed by atoms with Crippen LogP contribution < -0.4 is 18.9 Å². The van der Waals surface area contributed by atoms with Crippen LogP contribution in [0.3, 0.4) is 0 Å². The first-order valence-corrected chi connectivity index (χ1v) is 7.48. The summed E-state index contributed by atoms with van der Waals surface area (Å²) in [6.07, 6.45) is 8.00. The number of halogens is 4. The Morgan fingerprint density at radius 3 is 1.74 bits per heavy atom. The number of hydrogen-bond donors (Lipinski definition) is 0. The van der Waals surface area contributed by atoms with Crippen LogP contribution in [0.2, 0.25) is 20.1 Å². The largest absolute Gasteiger partial charge is 1.00 e. The first-order chi connectivity index (χ1) is 8.45. The van der Waals surface area contributed by atoms with E-state index >= 15 is 0 Å². The van der Waals surface area contributed by atoms with Crippen LogP contribution in [0.4, 0.5) is 0 Å². The molecule has 1 aliphatic carbocycles. The van der Waals surface area contributed by atoms with Crippen molar-refractivity contribution in [1.82, 2.24) is 0 Å². The normalized spacial score (nSPS) is 13.3. The summed E-state index contributed by atoms with van der Waals surface area (Å²) in [7, 11) is 1.96. The van der Waals surface area contributed by atoms with E-state index < -0.39 is 0 Å². The fraction of sp³-hybridized carbons (Fsp3) is 0.333. The summed E-state index contributed by atoms with van der Waals surface area (Å²) in [4.78, 5) is 11.1. The fourth-order valence-corrected chi connectivity index (χ4v) is 2.98. The molecular weight excluding hydrogens is 340 g/mol. The zero-order valence-electron chi connectivity index (χ0n) is 10.5. The summed E-state index contributed by atoms with van der Waals surface area (Å²) in [6.45, 7) is 0. The van der Waals surface area contributed by atoms with Gasteiger partial charge in [0.1, 0.15) is 0 Å².